The molecule has 2 aromatic rings. The Labute approximate surface area is 159 Å². The van der Waals surface area contributed by atoms with E-state index in [0.29, 0.717) is 43.0 Å². The highest BCUT2D eigenvalue weighted by Crippen LogP contribution is 2.34. The molecule has 0 aliphatic carbocycles. The van der Waals surface area contributed by atoms with Crippen molar-refractivity contribution in [3.05, 3.63) is 40.4 Å². The van der Waals surface area contributed by atoms with E-state index in [0.717, 1.165) is 5.69 Å². The van der Waals surface area contributed by atoms with Crippen molar-refractivity contribution in [1.29, 1.82) is 0 Å². The molecule has 0 saturated carbocycles. The van der Waals surface area contributed by atoms with Crippen molar-refractivity contribution in [2.45, 2.75) is 31.9 Å². The number of carbonyl (C=O) groups excluding carboxylic acids is 2. The Kier molecular flexibility index (Phi) is 4.56. The van der Waals surface area contributed by atoms with Crippen LogP contribution in [-0.2, 0) is 16.2 Å². The highest BCUT2D eigenvalue weighted by Gasteiger charge is 2.48. The van der Waals surface area contributed by atoms with Crippen molar-refractivity contribution in [2.75, 3.05) is 13.1 Å². The summed E-state index contributed by atoms with van der Waals surface area (Å²) in [6.45, 7) is 3.07. The van der Waals surface area contributed by atoms with Gasteiger partial charge in [-0.1, -0.05) is 5.16 Å². The van der Waals surface area contributed by atoms with Crippen molar-refractivity contribution in [2.24, 2.45) is 5.16 Å². The highest BCUT2D eigenvalue weighted by atomic mass is 32.1. The lowest BCUT2D eigenvalue weighted by molar-refractivity contribution is -0.115. The van der Waals surface area contributed by atoms with Crippen molar-refractivity contribution in [3.63, 3.8) is 0 Å². The summed E-state index contributed by atoms with van der Waals surface area (Å²) < 4.78 is 0. The smallest absolute Gasteiger partial charge is 0.273 e. The molecule has 1 unspecified atom stereocenters. The normalized spacial score (nSPS) is 21.2. The summed E-state index contributed by atoms with van der Waals surface area (Å²) in [5, 5.41) is 8.48. The number of thiazole rings is 1. The fourth-order valence-electron chi connectivity index (χ4n) is 3.14. The maximum Gasteiger partial charge on any atom is 0.273 e. The second-order valence-corrected chi connectivity index (χ2v) is 7.39. The predicted octanol–water partition coefficient (Wildman–Crippen LogP) is 0.919. The SMILES string of the molecule is Cc1cnc(CNC(=O)C2=NOC3(CCN(C(=O)c4cscn4)C3)C2)cn1. The van der Waals surface area contributed by atoms with E-state index in [-0.39, 0.29) is 18.4 Å². The Hall–Kier alpha value is -2.88. The Morgan fingerprint density at radius 1 is 1.33 bits per heavy atom. The quantitative estimate of drug-likeness (QED) is 0.837. The number of amides is 2. The summed E-state index contributed by atoms with van der Waals surface area (Å²) in [5.41, 5.74) is 3.27. The summed E-state index contributed by atoms with van der Waals surface area (Å²) in [6, 6.07) is 0. The van der Waals surface area contributed by atoms with Crippen LogP contribution in [0.1, 0.15) is 34.7 Å². The largest absolute Gasteiger partial charge is 0.386 e. The zero-order chi connectivity index (χ0) is 18.9. The molecule has 1 fully saturated rings. The number of carbonyl (C=O) groups is 2. The van der Waals surface area contributed by atoms with Gasteiger partial charge in [0.1, 0.15) is 11.4 Å². The van der Waals surface area contributed by atoms with E-state index in [2.05, 4.69) is 25.4 Å². The standard InChI is InChI=1S/C17H18N6O3S/c1-11-5-19-12(6-18-11)7-20-15(24)13-4-17(26-22-13)2-3-23(9-17)16(25)14-8-27-10-21-14/h5-6,8,10H,2-4,7,9H2,1H3,(H,20,24). The maximum atomic E-state index is 12.4. The molecule has 2 aliphatic rings. The van der Waals surface area contributed by atoms with Gasteiger partial charge in [0.2, 0.25) is 0 Å². The summed E-state index contributed by atoms with van der Waals surface area (Å²) in [6.07, 6.45) is 4.29. The van der Waals surface area contributed by atoms with Crippen LogP contribution in [0.5, 0.6) is 0 Å². The van der Waals surface area contributed by atoms with Crippen LogP contribution in [-0.4, -0.2) is 56.1 Å². The van der Waals surface area contributed by atoms with Crippen molar-refractivity contribution in [3.8, 4) is 0 Å². The molecule has 0 radical (unpaired) electrons. The third kappa shape index (κ3) is 3.65. The van der Waals surface area contributed by atoms with E-state index >= 15 is 0 Å². The first-order valence-electron chi connectivity index (χ1n) is 8.53. The fraction of sp³-hybridized carbons (Fsp3) is 0.412. The minimum atomic E-state index is -0.623. The van der Waals surface area contributed by atoms with E-state index in [9.17, 15) is 9.59 Å². The number of hydrogen-bond donors (Lipinski definition) is 1. The number of nitrogens with one attached hydrogen (secondary N) is 1. The molecule has 2 aromatic heterocycles. The van der Waals surface area contributed by atoms with Crippen LogP contribution in [0.2, 0.25) is 0 Å². The van der Waals surface area contributed by atoms with Gasteiger partial charge in [0, 0.05) is 31.0 Å². The zero-order valence-electron chi connectivity index (χ0n) is 14.7. The lowest BCUT2D eigenvalue weighted by Gasteiger charge is -2.21. The number of aryl methyl sites for hydroxylation is 1. The molecule has 4 heterocycles. The molecule has 1 atom stereocenters. The average molecular weight is 386 g/mol. The van der Waals surface area contributed by atoms with Crippen LogP contribution in [0.3, 0.4) is 0 Å². The van der Waals surface area contributed by atoms with Crippen LogP contribution < -0.4 is 5.32 Å². The molecular formula is C17H18N6O3S. The van der Waals surface area contributed by atoms with Gasteiger partial charge in [-0.3, -0.25) is 19.6 Å². The third-order valence-electron chi connectivity index (χ3n) is 4.62. The summed E-state index contributed by atoms with van der Waals surface area (Å²) in [7, 11) is 0. The lowest BCUT2D eigenvalue weighted by Crippen LogP contribution is -2.38. The van der Waals surface area contributed by atoms with Gasteiger partial charge in [-0.05, 0) is 6.92 Å². The Bertz CT molecular complexity index is 883. The lowest BCUT2D eigenvalue weighted by atomic mass is 9.96. The first-order valence-corrected chi connectivity index (χ1v) is 9.47. The minimum absolute atomic E-state index is 0.118. The summed E-state index contributed by atoms with van der Waals surface area (Å²) in [4.78, 5) is 44.5. The first kappa shape index (κ1) is 17.5. The predicted molar refractivity (Wildman–Crippen MR) is 97.1 cm³/mol. The molecule has 2 aliphatic heterocycles. The van der Waals surface area contributed by atoms with E-state index in [1.54, 1.807) is 28.2 Å². The molecule has 1 saturated heterocycles. The Morgan fingerprint density at radius 3 is 2.96 bits per heavy atom. The number of aromatic nitrogens is 3. The molecule has 9 nitrogen and oxygen atoms in total. The van der Waals surface area contributed by atoms with Crippen LogP contribution in [0.4, 0.5) is 0 Å². The van der Waals surface area contributed by atoms with Gasteiger partial charge in [-0.25, -0.2) is 4.98 Å². The van der Waals surface area contributed by atoms with E-state index in [4.69, 9.17) is 4.84 Å². The van der Waals surface area contributed by atoms with E-state index in [1.165, 1.54) is 11.3 Å². The Morgan fingerprint density at radius 2 is 2.22 bits per heavy atom. The van der Waals surface area contributed by atoms with Crippen molar-refractivity contribution < 1.29 is 14.4 Å². The van der Waals surface area contributed by atoms with Crippen LogP contribution in [0, 0.1) is 6.92 Å². The number of hydrogen-bond acceptors (Lipinski definition) is 8. The van der Waals surface area contributed by atoms with Gasteiger partial charge in [-0.2, -0.15) is 0 Å². The summed E-state index contributed by atoms with van der Waals surface area (Å²) in [5.74, 6) is -0.411. The second-order valence-electron chi connectivity index (χ2n) is 6.67. The molecule has 1 N–H and O–H groups in total. The van der Waals surface area contributed by atoms with Gasteiger partial charge in [0.15, 0.2) is 5.60 Å². The number of oxime groups is 1. The summed E-state index contributed by atoms with van der Waals surface area (Å²) >= 11 is 1.38. The van der Waals surface area contributed by atoms with Crippen LogP contribution in [0.15, 0.2) is 28.4 Å². The average Bonchev–Trinajstić information content (AvgIpc) is 3.43. The fourth-order valence-corrected chi connectivity index (χ4v) is 3.67. The van der Waals surface area contributed by atoms with Crippen LogP contribution >= 0.6 is 11.3 Å². The Balaban J connectivity index is 1.32. The van der Waals surface area contributed by atoms with Gasteiger partial charge in [0.25, 0.3) is 11.8 Å². The van der Waals surface area contributed by atoms with Crippen molar-refractivity contribution >= 4 is 28.9 Å². The van der Waals surface area contributed by atoms with Gasteiger partial charge in [-0.15, -0.1) is 11.3 Å². The number of nitrogens with zero attached hydrogens (tertiary/aromatic N) is 5. The molecule has 27 heavy (non-hydrogen) atoms. The molecule has 10 heteroatoms. The van der Waals surface area contributed by atoms with E-state index in [1.807, 2.05) is 6.92 Å². The number of rotatable bonds is 4. The highest BCUT2D eigenvalue weighted by molar-refractivity contribution is 7.07. The molecular weight excluding hydrogens is 368 g/mol. The molecule has 2 amide bonds. The van der Waals surface area contributed by atoms with E-state index < -0.39 is 5.60 Å². The first-order chi connectivity index (χ1) is 13.0. The monoisotopic (exact) mass is 386 g/mol. The molecule has 0 bridgehead atoms. The van der Waals surface area contributed by atoms with Gasteiger partial charge >= 0.3 is 0 Å². The molecule has 0 aromatic carbocycles. The van der Waals surface area contributed by atoms with Crippen molar-refractivity contribution in [1.82, 2.24) is 25.2 Å². The molecule has 1 spiro atoms. The maximum absolute atomic E-state index is 12.4. The number of likely N-dealkylation sites (tertiary alicyclic amines) is 1. The zero-order valence-corrected chi connectivity index (χ0v) is 15.5. The third-order valence-corrected chi connectivity index (χ3v) is 5.21. The van der Waals surface area contributed by atoms with Gasteiger partial charge < -0.3 is 15.1 Å². The molecule has 4 rings (SSSR count). The molecule has 140 valence electrons. The second kappa shape index (κ2) is 7.03. The minimum Gasteiger partial charge on any atom is -0.386 e. The van der Waals surface area contributed by atoms with Gasteiger partial charge in [0.05, 0.1) is 36.2 Å². The van der Waals surface area contributed by atoms with Crippen LogP contribution in [0.25, 0.3) is 0 Å². The topological polar surface area (TPSA) is 110 Å².